The maximum absolute atomic E-state index is 11.4. The Labute approximate surface area is 90.1 Å². The van der Waals surface area contributed by atoms with Crippen LogP contribution in [0.2, 0.25) is 0 Å². The molecule has 0 spiro atoms. The van der Waals surface area contributed by atoms with Gasteiger partial charge in [-0.1, -0.05) is 0 Å². The maximum atomic E-state index is 11.4. The molecule has 0 atom stereocenters. The Bertz CT molecular complexity index is 204. The molecule has 0 aromatic heterocycles. The summed E-state index contributed by atoms with van der Waals surface area (Å²) in [5.41, 5.74) is -0.476. The van der Waals surface area contributed by atoms with Gasteiger partial charge in [-0.3, -0.25) is 0 Å². The number of ether oxygens (including phenoxy) is 3. The molecule has 15 heavy (non-hydrogen) atoms. The molecule has 0 aliphatic carbocycles. The fraction of sp³-hybridized carbons (Fsp3) is 0.900. The van der Waals surface area contributed by atoms with Crippen molar-refractivity contribution in [3.63, 3.8) is 0 Å². The van der Waals surface area contributed by atoms with Gasteiger partial charge in [0.15, 0.2) is 0 Å². The third-order valence-electron chi connectivity index (χ3n) is 1.73. The van der Waals surface area contributed by atoms with Crippen molar-refractivity contribution in [1.82, 2.24) is 5.32 Å². The minimum atomic E-state index is -0.476. The van der Waals surface area contributed by atoms with Crippen LogP contribution < -0.4 is 5.32 Å². The molecule has 1 aliphatic rings. The second-order valence-electron chi connectivity index (χ2n) is 4.49. The van der Waals surface area contributed by atoms with Crippen molar-refractivity contribution in [1.29, 1.82) is 0 Å². The minimum absolute atomic E-state index is 0.123. The van der Waals surface area contributed by atoms with E-state index in [0.717, 1.165) is 0 Å². The van der Waals surface area contributed by atoms with E-state index in [0.29, 0.717) is 26.4 Å². The summed E-state index contributed by atoms with van der Waals surface area (Å²) in [7, 11) is 0. The van der Waals surface area contributed by atoms with Gasteiger partial charge in [0.05, 0.1) is 32.5 Å². The lowest BCUT2D eigenvalue weighted by atomic mass is 10.2. The zero-order valence-corrected chi connectivity index (χ0v) is 9.54. The number of carbonyl (C=O) groups excluding carboxylic acids is 1. The highest BCUT2D eigenvalue weighted by molar-refractivity contribution is 5.68. The summed E-state index contributed by atoms with van der Waals surface area (Å²) < 4.78 is 15.6. The van der Waals surface area contributed by atoms with Gasteiger partial charge < -0.3 is 19.5 Å². The largest absolute Gasteiger partial charge is 0.444 e. The van der Waals surface area contributed by atoms with Crippen LogP contribution in [0, 0.1) is 0 Å². The molecular formula is C10H19NO4. The van der Waals surface area contributed by atoms with E-state index in [1.807, 2.05) is 20.8 Å². The molecule has 88 valence electrons. The molecule has 1 fully saturated rings. The van der Waals surface area contributed by atoms with Gasteiger partial charge in [0.25, 0.3) is 0 Å². The van der Waals surface area contributed by atoms with E-state index in [1.54, 1.807) is 0 Å². The molecule has 0 aromatic rings. The van der Waals surface area contributed by atoms with Crippen LogP contribution in [-0.2, 0) is 14.2 Å². The van der Waals surface area contributed by atoms with Gasteiger partial charge in [-0.25, -0.2) is 4.79 Å². The first-order chi connectivity index (χ1) is 6.97. The third kappa shape index (κ3) is 5.59. The second-order valence-corrected chi connectivity index (χ2v) is 4.49. The smallest absolute Gasteiger partial charge is 0.408 e. The quantitative estimate of drug-likeness (QED) is 0.709. The minimum Gasteiger partial charge on any atom is -0.444 e. The normalized spacial score (nSPS) is 19.4. The predicted molar refractivity (Wildman–Crippen MR) is 54.8 cm³/mol. The van der Waals surface area contributed by atoms with Crippen LogP contribution in [0.15, 0.2) is 0 Å². The number of amides is 1. The van der Waals surface area contributed by atoms with E-state index in [2.05, 4.69) is 5.32 Å². The van der Waals surface area contributed by atoms with Gasteiger partial charge in [-0.15, -0.1) is 0 Å². The average molecular weight is 217 g/mol. The summed E-state index contributed by atoms with van der Waals surface area (Å²) in [6.07, 6.45) is -0.429. The highest BCUT2D eigenvalue weighted by Crippen LogP contribution is 2.07. The summed E-state index contributed by atoms with van der Waals surface area (Å²) in [5, 5.41) is 2.70. The zero-order chi connectivity index (χ0) is 11.3. The van der Waals surface area contributed by atoms with Gasteiger partial charge in [-0.05, 0) is 20.8 Å². The lowest BCUT2D eigenvalue weighted by molar-refractivity contribution is 0.0449. The molecule has 1 amide bonds. The molecule has 0 unspecified atom stereocenters. The molecule has 0 radical (unpaired) electrons. The van der Waals surface area contributed by atoms with Gasteiger partial charge in [0.1, 0.15) is 5.60 Å². The average Bonchev–Trinajstić information content (AvgIpc) is 2.28. The van der Waals surface area contributed by atoms with Crippen molar-refractivity contribution < 1.29 is 19.0 Å². The van der Waals surface area contributed by atoms with Crippen molar-refractivity contribution >= 4 is 6.09 Å². The Morgan fingerprint density at radius 3 is 2.27 bits per heavy atom. The van der Waals surface area contributed by atoms with Crippen molar-refractivity contribution in [2.45, 2.75) is 32.4 Å². The van der Waals surface area contributed by atoms with Crippen LogP contribution in [-0.4, -0.2) is 44.2 Å². The van der Waals surface area contributed by atoms with Crippen molar-refractivity contribution in [2.75, 3.05) is 26.4 Å². The Morgan fingerprint density at radius 1 is 1.27 bits per heavy atom. The molecule has 5 heteroatoms. The summed E-state index contributed by atoms with van der Waals surface area (Å²) >= 11 is 0. The number of hydrogen-bond donors (Lipinski definition) is 1. The maximum Gasteiger partial charge on any atom is 0.408 e. The molecule has 1 heterocycles. The molecule has 1 saturated heterocycles. The summed E-state index contributed by atoms with van der Waals surface area (Å²) in [5.74, 6) is 0. The van der Waals surface area contributed by atoms with E-state index in [-0.39, 0.29) is 6.04 Å². The summed E-state index contributed by atoms with van der Waals surface area (Å²) in [6, 6.07) is -0.123. The molecular weight excluding hydrogens is 198 g/mol. The lowest BCUT2D eigenvalue weighted by Gasteiger charge is -2.22. The lowest BCUT2D eigenvalue weighted by Crippen LogP contribution is -2.43. The van der Waals surface area contributed by atoms with Crippen molar-refractivity contribution in [2.24, 2.45) is 0 Å². The molecule has 0 aromatic carbocycles. The number of carbonyl (C=O) groups is 1. The van der Waals surface area contributed by atoms with E-state index in [9.17, 15) is 4.79 Å². The molecule has 0 bridgehead atoms. The molecule has 1 aliphatic heterocycles. The predicted octanol–water partition coefficient (Wildman–Crippen LogP) is 0.926. The van der Waals surface area contributed by atoms with Crippen molar-refractivity contribution in [3.05, 3.63) is 0 Å². The topological polar surface area (TPSA) is 56.8 Å². The van der Waals surface area contributed by atoms with E-state index in [4.69, 9.17) is 14.2 Å². The van der Waals surface area contributed by atoms with Crippen LogP contribution in [0.4, 0.5) is 4.79 Å². The Balaban J connectivity index is 2.30. The van der Waals surface area contributed by atoms with Gasteiger partial charge in [-0.2, -0.15) is 0 Å². The van der Waals surface area contributed by atoms with E-state index < -0.39 is 11.7 Å². The second kappa shape index (κ2) is 5.32. The molecule has 0 saturated carbocycles. The Hall–Kier alpha value is -0.810. The zero-order valence-electron chi connectivity index (χ0n) is 9.54. The van der Waals surface area contributed by atoms with Crippen LogP contribution >= 0.6 is 0 Å². The monoisotopic (exact) mass is 217 g/mol. The molecule has 1 rings (SSSR count). The number of nitrogens with one attached hydrogen (secondary N) is 1. The highest BCUT2D eigenvalue weighted by Gasteiger charge is 2.20. The number of alkyl carbamates (subject to hydrolysis) is 1. The molecule has 5 nitrogen and oxygen atoms in total. The fourth-order valence-electron chi connectivity index (χ4n) is 1.17. The fourth-order valence-corrected chi connectivity index (χ4v) is 1.17. The van der Waals surface area contributed by atoms with E-state index in [1.165, 1.54) is 0 Å². The van der Waals surface area contributed by atoms with Gasteiger partial charge in [0.2, 0.25) is 0 Å². The first kappa shape index (κ1) is 12.3. The van der Waals surface area contributed by atoms with Crippen LogP contribution in [0.3, 0.4) is 0 Å². The van der Waals surface area contributed by atoms with Gasteiger partial charge >= 0.3 is 6.09 Å². The first-order valence-corrected chi connectivity index (χ1v) is 5.12. The SMILES string of the molecule is CC(C)(C)OC(=O)NC1COCCOC1. The standard InChI is InChI=1S/C10H19NO4/c1-10(2,3)15-9(12)11-8-6-13-4-5-14-7-8/h8H,4-7H2,1-3H3,(H,11,12). The van der Waals surface area contributed by atoms with Crippen LogP contribution in [0.1, 0.15) is 20.8 Å². The third-order valence-corrected chi connectivity index (χ3v) is 1.73. The van der Waals surface area contributed by atoms with Crippen molar-refractivity contribution in [3.8, 4) is 0 Å². The summed E-state index contributed by atoms with van der Waals surface area (Å²) in [6.45, 7) is 7.57. The summed E-state index contributed by atoms with van der Waals surface area (Å²) in [4.78, 5) is 11.4. The Morgan fingerprint density at radius 2 is 1.80 bits per heavy atom. The van der Waals surface area contributed by atoms with Crippen LogP contribution in [0.5, 0.6) is 0 Å². The molecule has 1 N–H and O–H groups in total. The Kier molecular flexibility index (Phi) is 4.35. The first-order valence-electron chi connectivity index (χ1n) is 5.12. The number of hydrogen-bond acceptors (Lipinski definition) is 4. The number of rotatable bonds is 1. The van der Waals surface area contributed by atoms with Crippen LogP contribution in [0.25, 0.3) is 0 Å². The highest BCUT2D eigenvalue weighted by atomic mass is 16.6. The van der Waals surface area contributed by atoms with Gasteiger partial charge in [0, 0.05) is 0 Å². The van der Waals surface area contributed by atoms with E-state index >= 15 is 0 Å².